The smallest absolute Gasteiger partial charge is 0.336 e. The Morgan fingerprint density at radius 2 is 1.79 bits per heavy atom. The summed E-state index contributed by atoms with van der Waals surface area (Å²) < 4.78 is 33.4. The Morgan fingerprint density at radius 1 is 1.14 bits per heavy atom. The van der Waals surface area contributed by atoms with Crippen molar-refractivity contribution in [2.24, 2.45) is 0 Å². The lowest BCUT2D eigenvalue weighted by molar-refractivity contribution is -0.137. The van der Waals surface area contributed by atoms with Gasteiger partial charge in [0.05, 0.1) is 10.6 Å². The van der Waals surface area contributed by atoms with Crippen LogP contribution in [-0.4, -0.2) is 31.2 Å². The fraction of sp³-hybridized carbons (Fsp3) is 0.158. The second-order valence-corrected chi connectivity index (χ2v) is 8.41. The molecule has 0 bridgehead atoms. The summed E-state index contributed by atoms with van der Waals surface area (Å²) in [5.74, 6) is -0.163. The van der Waals surface area contributed by atoms with E-state index in [1.54, 1.807) is 37.5 Å². The zero-order valence-electron chi connectivity index (χ0n) is 15.2. The first-order chi connectivity index (χ1) is 13.3. The highest BCUT2D eigenvalue weighted by Gasteiger charge is 2.22. The molecular formula is C19H18ClN3O4S. The molecule has 0 spiro atoms. The van der Waals surface area contributed by atoms with Gasteiger partial charge < -0.3 is 4.74 Å². The first kappa shape index (κ1) is 19.9. The number of esters is 1. The molecule has 3 aromatic rings. The number of hydrogen-bond donors (Lipinski definition) is 0. The minimum Gasteiger partial charge on any atom is -0.425 e. The van der Waals surface area contributed by atoms with Crippen LogP contribution in [0, 0.1) is 0 Å². The number of anilines is 1. The number of halogens is 1. The molecule has 9 heteroatoms. The Bertz CT molecular complexity index is 1050. The highest BCUT2D eigenvalue weighted by atomic mass is 35.5. The molecule has 1 heterocycles. The van der Waals surface area contributed by atoms with E-state index in [4.69, 9.17) is 16.3 Å². The van der Waals surface area contributed by atoms with Crippen LogP contribution in [0.4, 0.5) is 5.69 Å². The lowest BCUT2D eigenvalue weighted by atomic mass is 10.3. The van der Waals surface area contributed by atoms with Gasteiger partial charge in [0, 0.05) is 24.5 Å². The zero-order valence-corrected chi connectivity index (χ0v) is 16.8. The maximum atomic E-state index is 12.7. The molecule has 28 heavy (non-hydrogen) atoms. The number of rotatable bonds is 6. The summed E-state index contributed by atoms with van der Waals surface area (Å²) >= 11 is 5.82. The van der Waals surface area contributed by atoms with Crippen LogP contribution < -0.4 is 9.04 Å². The molecule has 0 amide bonds. The van der Waals surface area contributed by atoms with Crippen LogP contribution in [0.5, 0.6) is 5.75 Å². The van der Waals surface area contributed by atoms with Crippen molar-refractivity contribution in [3.8, 4) is 5.75 Å². The van der Waals surface area contributed by atoms with Gasteiger partial charge >= 0.3 is 5.97 Å². The molecule has 0 saturated heterocycles. The highest BCUT2D eigenvalue weighted by molar-refractivity contribution is 7.92. The number of aromatic nitrogens is 2. The number of nitrogens with zero attached hydrogens (tertiary/aromatic N) is 3. The Balaban J connectivity index is 1.73. The second kappa shape index (κ2) is 8.04. The van der Waals surface area contributed by atoms with E-state index in [1.165, 1.54) is 48.1 Å². The van der Waals surface area contributed by atoms with Gasteiger partial charge in [0.2, 0.25) is 0 Å². The van der Waals surface area contributed by atoms with Gasteiger partial charge in [0.15, 0.2) is 0 Å². The van der Waals surface area contributed by atoms with E-state index in [-0.39, 0.29) is 4.90 Å². The highest BCUT2D eigenvalue weighted by Crippen LogP contribution is 2.25. The molecule has 1 unspecified atom stereocenters. The lowest BCUT2D eigenvalue weighted by Gasteiger charge is -2.20. The van der Waals surface area contributed by atoms with Crippen LogP contribution >= 0.6 is 11.6 Å². The van der Waals surface area contributed by atoms with Crippen molar-refractivity contribution in [1.82, 2.24) is 9.78 Å². The van der Waals surface area contributed by atoms with Gasteiger partial charge in [-0.3, -0.25) is 8.99 Å². The largest absolute Gasteiger partial charge is 0.425 e. The summed E-state index contributed by atoms with van der Waals surface area (Å²) in [6, 6.07) is 13.3. The monoisotopic (exact) mass is 419 g/mol. The van der Waals surface area contributed by atoms with Crippen LogP contribution in [0.25, 0.3) is 0 Å². The first-order valence-corrected chi connectivity index (χ1v) is 10.2. The van der Waals surface area contributed by atoms with Crippen LogP contribution in [0.1, 0.15) is 13.0 Å². The Kier molecular flexibility index (Phi) is 5.71. The molecular weight excluding hydrogens is 402 g/mol. The number of hydrogen-bond acceptors (Lipinski definition) is 5. The number of benzene rings is 2. The van der Waals surface area contributed by atoms with Gasteiger partial charge in [0.1, 0.15) is 11.8 Å². The van der Waals surface area contributed by atoms with E-state index in [0.717, 1.165) is 4.31 Å². The van der Waals surface area contributed by atoms with Crippen molar-refractivity contribution in [3.05, 3.63) is 72.0 Å². The average molecular weight is 420 g/mol. The van der Waals surface area contributed by atoms with Gasteiger partial charge in [-0.15, -0.1) is 0 Å². The molecule has 0 N–H and O–H groups in total. The predicted octanol–water partition coefficient (Wildman–Crippen LogP) is 3.53. The van der Waals surface area contributed by atoms with Crippen LogP contribution in [0.2, 0.25) is 5.02 Å². The van der Waals surface area contributed by atoms with Crippen molar-refractivity contribution in [3.63, 3.8) is 0 Å². The summed E-state index contributed by atoms with van der Waals surface area (Å²) in [5, 5.41) is 4.47. The molecule has 0 aliphatic carbocycles. The van der Waals surface area contributed by atoms with E-state index < -0.39 is 22.0 Å². The molecule has 0 radical (unpaired) electrons. The summed E-state index contributed by atoms with van der Waals surface area (Å²) in [4.78, 5) is 12.3. The summed E-state index contributed by atoms with van der Waals surface area (Å²) in [5.41, 5.74) is 0.426. The fourth-order valence-corrected chi connectivity index (χ4v) is 3.77. The molecule has 0 saturated carbocycles. The van der Waals surface area contributed by atoms with Crippen LogP contribution in [-0.2, 0) is 14.8 Å². The second-order valence-electron chi connectivity index (χ2n) is 6.00. The van der Waals surface area contributed by atoms with Gasteiger partial charge in [-0.05, 0) is 61.5 Å². The van der Waals surface area contributed by atoms with Crippen molar-refractivity contribution in [1.29, 1.82) is 0 Å². The Hall–Kier alpha value is -2.84. The minimum atomic E-state index is -3.73. The van der Waals surface area contributed by atoms with Gasteiger partial charge in [-0.25, -0.2) is 13.2 Å². The quantitative estimate of drug-likeness (QED) is 0.451. The SMILES string of the molecule is CC(C(=O)Oc1ccc(N(C)S(=O)(=O)c2ccc(Cl)cc2)cc1)n1cccn1. The molecule has 7 nitrogen and oxygen atoms in total. The van der Waals surface area contributed by atoms with E-state index in [0.29, 0.717) is 16.5 Å². The van der Waals surface area contributed by atoms with Crippen LogP contribution in [0.15, 0.2) is 71.9 Å². The fourth-order valence-electron chi connectivity index (χ4n) is 2.45. The predicted molar refractivity (Wildman–Crippen MR) is 106 cm³/mol. The standard InChI is InChI=1S/C19H18ClN3O4S/c1-14(23-13-3-12-21-23)19(24)27-17-8-6-16(7-9-17)22(2)28(25,26)18-10-4-15(20)5-11-18/h3-14H,1-2H3. The molecule has 0 fully saturated rings. The van der Waals surface area contributed by atoms with Crippen LogP contribution in [0.3, 0.4) is 0 Å². The zero-order chi connectivity index (χ0) is 20.3. The van der Waals surface area contributed by atoms with Gasteiger partial charge in [0.25, 0.3) is 10.0 Å². The summed E-state index contributed by atoms with van der Waals surface area (Å²) in [6.45, 7) is 1.68. The van der Waals surface area contributed by atoms with E-state index in [2.05, 4.69) is 5.10 Å². The molecule has 0 aliphatic heterocycles. The molecule has 3 rings (SSSR count). The van der Waals surface area contributed by atoms with Gasteiger partial charge in [-0.1, -0.05) is 11.6 Å². The minimum absolute atomic E-state index is 0.128. The van der Waals surface area contributed by atoms with E-state index in [9.17, 15) is 13.2 Å². The maximum Gasteiger partial charge on any atom is 0.336 e. The lowest BCUT2D eigenvalue weighted by Crippen LogP contribution is -2.26. The molecule has 0 aliphatic rings. The third-order valence-electron chi connectivity index (χ3n) is 4.15. The average Bonchev–Trinajstić information content (AvgIpc) is 3.22. The normalized spacial score (nSPS) is 12.4. The maximum absolute atomic E-state index is 12.7. The van der Waals surface area contributed by atoms with E-state index >= 15 is 0 Å². The van der Waals surface area contributed by atoms with Crippen molar-refractivity contribution >= 4 is 33.3 Å². The van der Waals surface area contributed by atoms with Crippen molar-refractivity contribution in [2.75, 3.05) is 11.4 Å². The first-order valence-electron chi connectivity index (χ1n) is 8.34. The topological polar surface area (TPSA) is 81.5 Å². The molecule has 146 valence electrons. The third-order valence-corrected chi connectivity index (χ3v) is 6.21. The Morgan fingerprint density at radius 3 is 2.36 bits per heavy atom. The Labute approximate surface area is 168 Å². The molecule has 1 aromatic heterocycles. The third kappa shape index (κ3) is 4.18. The number of ether oxygens (including phenoxy) is 1. The van der Waals surface area contributed by atoms with Gasteiger partial charge in [-0.2, -0.15) is 5.10 Å². The molecule has 1 atom stereocenters. The summed E-state index contributed by atoms with van der Waals surface area (Å²) in [7, 11) is -2.28. The number of sulfonamides is 1. The van der Waals surface area contributed by atoms with E-state index in [1.807, 2.05) is 0 Å². The van der Waals surface area contributed by atoms with Crippen molar-refractivity contribution < 1.29 is 17.9 Å². The number of carbonyl (C=O) groups is 1. The number of carbonyl (C=O) groups excluding carboxylic acids is 1. The summed E-state index contributed by atoms with van der Waals surface area (Å²) in [6.07, 6.45) is 3.25. The van der Waals surface area contributed by atoms with Crippen molar-refractivity contribution in [2.45, 2.75) is 17.9 Å². The molecule has 2 aromatic carbocycles.